The van der Waals surface area contributed by atoms with Gasteiger partial charge >= 0.3 is 5.70 Å². The Morgan fingerprint density at radius 1 is 0.750 bits per heavy atom. The van der Waals surface area contributed by atoms with Gasteiger partial charge in [-0.1, -0.05) is 19.3 Å². The quantitative estimate of drug-likeness (QED) is 0.499. The van der Waals surface area contributed by atoms with Gasteiger partial charge < -0.3 is 19.6 Å². The number of nitriles is 1. The van der Waals surface area contributed by atoms with Crippen molar-refractivity contribution in [2.45, 2.75) is 51.4 Å². The Morgan fingerprint density at radius 2 is 1.29 bits per heavy atom. The smallest absolute Gasteiger partial charge is 0.300 e. The van der Waals surface area contributed by atoms with E-state index in [1.807, 2.05) is 0 Å². The van der Waals surface area contributed by atoms with Crippen molar-refractivity contribution < 1.29 is 0 Å². The van der Waals surface area contributed by atoms with E-state index in [1.54, 1.807) is 0 Å². The molecule has 3 saturated heterocycles. The molecule has 3 aliphatic rings. The molecule has 0 atom stereocenters. The SMILES string of the molecule is [C-]#[N+]/C(C#N)=C1/N(CCCN2CCCCC2)CCN1CCN1CCCCCC1. The first-order valence-electron chi connectivity index (χ1n) is 11.3. The van der Waals surface area contributed by atoms with Crippen LogP contribution in [0.15, 0.2) is 11.5 Å². The van der Waals surface area contributed by atoms with Crippen LogP contribution in [-0.4, -0.2) is 85.0 Å². The molecule has 0 unspecified atom stereocenters. The van der Waals surface area contributed by atoms with Crippen molar-refractivity contribution in [3.8, 4) is 6.07 Å². The van der Waals surface area contributed by atoms with Crippen LogP contribution < -0.4 is 0 Å². The minimum absolute atomic E-state index is 0.270. The maximum absolute atomic E-state index is 9.51. The van der Waals surface area contributed by atoms with Gasteiger partial charge in [0.15, 0.2) is 0 Å². The van der Waals surface area contributed by atoms with Crippen molar-refractivity contribution >= 4 is 0 Å². The van der Waals surface area contributed by atoms with Gasteiger partial charge in [0.25, 0.3) is 0 Å². The highest BCUT2D eigenvalue weighted by Gasteiger charge is 2.28. The van der Waals surface area contributed by atoms with Crippen molar-refractivity contribution in [2.24, 2.45) is 0 Å². The highest BCUT2D eigenvalue weighted by molar-refractivity contribution is 5.33. The van der Waals surface area contributed by atoms with Crippen LogP contribution >= 0.6 is 0 Å². The second-order valence-electron chi connectivity index (χ2n) is 8.38. The second-order valence-corrected chi connectivity index (χ2v) is 8.38. The molecule has 6 nitrogen and oxygen atoms in total. The number of nitrogens with zero attached hydrogens (tertiary/aromatic N) is 6. The lowest BCUT2D eigenvalue weighted by Gasteiger charge is -2.30. The van der Waals surface area contributed by atoms with E-state index in [0.717, 1.165) is 51.5 Å². The van der Waals surface area contributed by atoms with E-state index >= 15 is 0 Å². The topological polar surface area (TPSA) is 41.1 Å². The summed E-state index contributed by atoms with van der Waals surface area (Å²) in [7, 11) is 0. The van der Waals surface area contributed by atoms with Crippen LogP contribution in [0, 0.1) is 17.9 Å². The van der Waals surface area contributed by atoms with Crippen LogP contribution in [-0.2, 0) is 0 Å². The molecule has 0 spiro atoms. The Morgan fingerprint density at radius 3 is 1.86 bits per heavy atom. The lowest BCUT2D eigenvalue weighted by Crippen LogP contribution is -2.35. The normalized spacial score (nSPS) is 23.9. The summed E-state index contributed by atoms with van der Waals surface area (Å²) < 4.78 is 0. The minimum Gasteiger partial charge on any atom is -0.365 e. The molecule has 3 rings (SSSR count). The van der Waals surface area contributed by atoms with E-state index in [2.05, 4.69) is 30.5 Å². The zero-order chi connectivity index (χ0) is 19.6. The summed E-state index contributed by atoms with van der Waals surface area (Å²) >= 11 is 0. The van der Waals surface area contributed by atoms with E-state index in [-0.39, 0.29) is 5.70 Å². The third-order valence-corrected chi connectivity index (χ3v) is 6.40. The van der Waals surface area contributed by atoms with E-state index in [4.69, 9.17) is 6.57 Å². The van der Waals surface area contributed by atoms with Crippen molar-refractivity contribution in [3.63, 3.8) is 0 Å². The summed E-state index contributed by atoms with van der Waals surface area (Å²) in [5.74, 6) is 0.894. The molecule has 0 aliphatic carbocycles. The molecule has 3 fully saturated rings. The number of allylic oxidation sites excluding steroid dienone is 1. The number of hydrogen-bond acceptors (Lipinski definition) is 5. The fourth-order valence-electron chi connectivity index (χ4n) is 4.80. The van der Waals surface area contributed by atoms with Crippen LogP contribution in [0.4, 0.5) is 0 Å². The van der Waals surface area contributed by atoms with Crippen LogP contribution in [0.25, 0.3) is 4.85 Å². The molecular formula is C22H36N6. The molecule has 0 aromatic carbocycles. The van der Waals surface area contributed by atoms with Crippen LogP contribution in [0.3, 0.4) is 0 Å². The standard InChI is InChI=1S/C22H36N6/c1-24-21(20-23)22-27(15-9-14-25-10-7-4-8-11-25)18-19-28(22)17-16-26-12-5-2-3-6-13-26/h2-19H2/b22-21-. The molecule has 3 heterocycles. The summed E-state index contributed by atoms with van der Waals surface area (Å²) in [5.41, 5.74) is 0.270. The van der Waals surface area contributed by atoms with Gasteiger partial charge in [0.2, 0.25) is 0 Å². The summed E-state index contributed by atoms with van der Waals surface area (Å²) in [5, 5.41) is 9.51. The average molecular weight is 385 g/mol. The molecule has 0 bridgehead atoms. The van der Waals surface area contributed by atoms with Crippen molar-refractivity contribution in [1.82, 2.24) is 19.6 Å². The molecule has 0 radical (unpaired) electrons. The first kappa shape index (κ1) is 21.0. The van der Waals surface area contributed by atoms with Gasteiger partial charge in [-0.25, -0.2) is 10.1 Å². The highest BCUT2D eigenvalue weighted by atomic mass is 15.4. The summed E-state index contributed by atoms with van der Waals surface area (Å²) in [4.78, 5) is 13.3. The maximum atomic E-state index is 9.51. The van der Waals surface area contributed by atoms with E-state index < -0.39 is 0 Å². The molecule has 0 N–H and O–H groups in total. The monoisotopic (exact) mass is 384 g/mol. The molecule has 0 aromatic rings. The molecule has 28 heavy (non-hydrogen) atoms. The van der Waals surface area contributed by atoms with Gasteiger partial charge in [-0.3, -0.25) is 0 Å². The lowest BCUT2D eigenvalue weighted by molar-refractivity contribution is 0.212. The van der Waals surface area contributed by atoms with E-state index in [9.17, 15) is 5.26 Å². The van der Waals surface area contributed by atoms with Crippen LogP contribution in [0.5, 0.6) is 0 Å². The van der Waals surface area contributed by atoms with Crippen molar-refractivity contribution in [1.29, 1.82) is 5.26 Å². The first-order valence-corrected chi connectivity index (χ1v) is 11.3. The Kier molecular flexibility index (Phi) is 8.45. The number of rotatable bonds is 7. The highest BCUT2D eigenvalue weighted by Crippen LogP contribution is 2.23. The third kappa shape index (κ3) is 5.87. The van der Waals surface area contributed by atoms with Gasteiger partial charge in [0.1, 0.15) is 5.82 Å². The zero-order valence-corrected chi connectivity index (χ0v) is 17.4. The number of piperidine rings is 1. The van der Waals surface area contributed by atoms with Gasteiger partial charge in [-0.05, 0) is 64.8 Å². The molecule has 3 aliphatic heterocycles. The van der Waals surface area contributed by atoms with Gasteiger partial charge in [0, 0.05) is 32.7 Å². The summed E-state index contributed by atoms with van der Waals surface area (Å²) in [6.45, 7) is 18.3. The molecular weight excluding hydrogens is 348 g/mol. The maximum Gasteiger partial charge on any atom is 0.300 e. The average Bonchev–Trinajstić information content (AvgIpc) is 2.94. The molecule has 0 amide bonds. The second kappa shape index (κ2) is 11.3. The first-order chi connectivity index (χ1) is 13.8. The minimum atomic E-state index is 0.270. The van der Waals surface area contributed by atoms with Gasteiger partial charge in [-0.15, -0.1) is 0 Å². The largest absolute Gasteiger partial charge is 0.365 e. The third-order valence-electron chi connectivity index (χ3n) is 6.40. The predicted octanol–water partition coefficient (Wildman–Crippen LogP) is 2.97. The Balaban J connectivity index is 1.54. The Bertz CT molecular complexity index is 571. The lowest BCUT2D eigenvalue weighted by atomic mass is 10.1. The Hall–Kier alpha value is -1.76. The van der Waals surface area contributed by atoms with E-state index in [1.165, 1.54) is 71.1 Å². The fraction of sp³-hybridized carbons (Fsp3) is 0.818. The molecule has 6 heteroatoms. The van der Waals surface area contributed by atoms with Crippen LogP contribution in [0.1, 0.15) is 51.4 Å². The number of hydrogen-bond donors (Lipinski definition) is 0. The summed E-state index contributed by atoms with van der Waals surface area (Å²) in [6, 6.07) is 2.16. The zero-order valence-electron chi connectivity index (χ0n) is 17.4. The predicted molar refractivity (Wildman–Crippen MR) is 112 cm³/mol. The van der Waals surface area contributed by atoms with Crippen molar-refractivity contribution in [2.75, 3.05) is 65.4 Å². The number of likely N-dealkylation sites (tertiary alicyclic amines) is 2. The molecule has 0 saturated carbocycles. The summed E-state index contributed by atoms with van der Waals surface area (Å²) in [6.07, 6.45) is 10.5. The van der Waals surface area contributed by atoms with Crippen LogP contribution in [0.2, 0.25) is 0 Å². The molecule has 154 valence electrons. The van der Waals surface area contributed by atoms with Crippen molar-refractivity contribution in [3.05, 3.63) is 22.9 Å². The van der Waals surface area contributed by atoms with E-state index in [0.29, 0.717) is 0 Å². The van der Waals surface area contributed by atoms with Gasteiger partial charge in [-0.2, -0.15) is 0 Å². The van der Waals surface area contributed by atoms with Gasteiger partial charge in [0.05, 0.1) is 12.6 Å². The Labute approximate surface area is 171 Å². The fourth-order valence-corrected chi connectivity index (χ4v) is 4.80. The molecule has 0 aromatic heterocycles.